The molecule has 0 unspecified atom stereocenters. The molecule has 22 heteroatoms. The first-order valence-electron chi connectivity index (χ1n) is 7.91. The van der Waals surface area contributed by atoms with Crippen LogP contribution in [0, 0.1) is 0 Å². The molecule has 3 saturated carbocycles. The third-order valence-corrected chi connectivity index (χ3v) is 6.39. The van der Waals surface area contributed by atoms with Crippen molar-refractivity contribution in [3.8, 4) is 0 Å². The van der Waals surface area contributed by atoms with Gasteiger partial charge < -0.3 is 0 Å². The van der Waals surface area contributed by atoms with Crippen LogP contribution >= 0.6 is 0 Å². The number of hydrogen-bond acceptors (Lipinski definition) is 0. The fraction of sp³-hybridized carbons (Fsp3) is 1.00. The zero-order valence-electron chi connectivity index (χ0n) is 14.8. The molecule has 206 valence electrons. The summed E-state index contributed by atoms with van der Waals surface area (Å²) in [5.74, 6) is -79.1. The summed E-state index contributed by atoms with van der Waals surface area (Å²) in [6.45, 7) is 0. The minimum absolute atomic E-state index is 8.55. The van der Waals surface area contributed by atoms with E-state index in [1.54, 1.807) is 0 Å². The topological polar surface area (TPSA) is 0 Å². The van der Waals surface area contributed by atoms with Gasteiger partial charge in [-0.05, 0) is 0 Å². The predicted molar refractivity (Wildman–Crippen MR) is 59.9 cm³/mol. The Balaban J connectivity index is 2.79. The van der Waals surface area contributed by atoms with Crippen molar-refractivity contribution in [1.82, 2.24) is 0 Å². The Labute approximate surface area is 174 Å². The SMILES string of the molecule is FC1(F)C(F)(F)C(F)(F)[C@@]2(F)[C@@](F)(C1(F)F)C(F)(F)[C@@]1(F)C(F)(F)C(F)(F)C(F)(F)C(F)(F)[C@]12F. The van der Waals surface area contributed by atoms with Crippen LogP contribution in [-0.4, -0.2) is 76.0 Å². The molecular formula is C13F22. The van der Waals surface area contributed by atoms with E-state index in [0.717, 1.165) is 0 Å². The van der Waals surface area contributed by atoms with Gasteiger partial charge >= 0.3 is 53.3 Å². The van der Waals surface area contributed by atoms with Crippen molar-refractivity contribution in [3.63, 3.8) is 0 Å². The molecule has 0 aliphatic heterocycles. The Morgan fingerprint density at radius 3 is 0.457 bits per heavy atom. The normalized spacial score (nSPS) is 48.5. The summed E-state index contributed by atoms with van der Waals surface area (Å²) in [5, 5.41) is 0. The maximum absolute atomic E-state index is 15.0. The van der Waals surface area contributed by atoms with E-state index in [-0.39, 0.29) is 0 Å². The third-order valence-electron chi connectivity index (χ3n) is 6.39. The van der Waals surface area contributed by atoms with E-state index >= 15 is 8.78 Å². The number of halogens is 22. The zero-order chi connectivity index (χ0) is 28.5. The van der Waals surface area contributed by atoms with E-state index < -0.39 is 76.0 Å². The molecule has 0 aromatic rings. The fourth-order valence-corrected chi connectivity index (χ4v) is 4.49. The first kappa shape index (κ1) is 28.0. The predicted octanol–water partition coefficient (Wildman–Crippen LogP) is 6.58. The molecule has 0 radical (unpaired) electrons. The molecule has 0 N–H and O–H groups in total. The molecule has 35 heavy (non-hydrogen) atoms. The van der Waals surface area contributed by atoms with Crippen molar-refractivity contribution in [2.24, 2.45) is 0 Å². The van der Waals surface area contributed by atoms with Gasteiger partial charge in [0.1, 0.15) is 0 Å². The molecule has 0 aromatic heterocycles. The van der Waals surface area contributed by atoms with E-state index in [9.17, 15) is 87.8 Å². The lowest BCUT2D eigenvalue weighted by Gasteiger charge is -2.58. The van der Waals surface area contributed by atoms with E-state index in [0.29, 0.717) is 0 Å². The monoisotopic (exact) mass is 574 g/mol. The largest absolute Gasteiger partial charge is 0.382 e. The van der Waals surface area contributed by atoms with Crippen LogP contribution in [0.4, 0.5) is 96.6 Å². The van der Waals surface area contributed by atoms with E-state index in [1.807, 2.05) is 0 Å². The molecule has 3 aliphatic carbocycles. The van der Waals surface area contributed by atoms with Crippen LogP contribution in [0.3, 0.4) is 0 Å². The Morgan fingerprint density at radius 1 is 0.143 bits per heavy atom. The van der Waals surface area contributed by atoms with E-state index in [1.165, 1.54) is 0 Å². The summed E-state index contributed by atoms with van der Waals surface area (Å²) in [7, 11) is 0. The fourth-order valence-electron chi connectivity index (χ4n) is 4.49. The standard InChI is InChI=1S/C13F22/c14-1-2(15)4(17,9(26,27)13(34,35)11(30,31)7(2,22)23)5(18,19)3(1,16)8(24,25)12(32,33)10(28,29)6(1,20)21/t1-,2+,3-,4+. The van der Waals surface area contributed by atoms with Gasteiger partial charge in [0.2, 0.25) is 0 Å². The third kappa shape index (κ3) is 1.69. The molecule has 3 aliphatic rings. The van der Waals surface area contributed by atoms with Gasteiger partial charge in [-0.25, -0.2) is 17.6 Å². The van der Waals surface area contributed by atoms with E-state index in [4.69, 9.17) is 0 Å². The maximum atomic E-state index is 15.0. The van der Waals surface area contributed by atoms with Crippen molar-refractivity contribution in [2.75, 3.05) is 0 Å². The lowest BCUT2D eigenvalue weighted by molar-refractivity contribution is -0.502. The molecule has 3 rings (SSSR count). The van der Waals surface area contributed by atoms with Crippen molar-refractivity contribution < 1.29 is 96.6 Å². The van der Waals surface area contributed by atoms with Crippen molar-refractivity contribution in [2.45, 2.75) is 76.0 Å². The van der Waals surface area contributed by atoms with Crippen LogP contribution in [0.5, 0.6) is 0 Å². The highest BCUT2D eigenvalue weighted by molar-refractivity contribution is 5.54. The highest BCUT2D eigenvalue weighted by Crippen LogP contribution is 2.88. The van der Waals surface area contributed by atoms with Crippen LogP contribution in [-0.2, 0) is 0 Å². The summed E-state index contributed by atoms with van der Waals surface area (Å²) in [5.41, 5.74) is -36.6. The molecule has 0 aromatic carbocycles. The zero-order valence-corrected chi connectivity index (χ0v) is 14.8. The number of rotatable bonds is 0. The number of fused-ring (bicyclic) bond motifs is 3. The van der Waals surface area contributed by atoms with Gasteiger partial charge in [-0.3, -0.25) is 0 Å². The second kappa shape index (κ2) is 5.50. The lowest BCUT2D eigenvalue weighted by Crippen LogP contribution is -2.92. The first-order chi connectivity index (χ1) is 14.8. The van der Waals surface area contributed by atoms with Gasteiger partial charge in [0.25, 0.3) is 22.7 Å². The second-order valence-corrected chi connectivity index (χ2v) is 7.80. The highest BCUT2D eigenvalue weighted by Gasteiger charge is 3.22. The summed E-state index contributed by atoms with van der Waals surface area (Å²) >= 11 is 0. The summed E-state index contributed by atoms with van der Waals surface area (Å²) < 4.78 is 308. The average molecular weight is 574 g/mol. The summed E-state index contributed by atoms with van der Waals surface area (Å²) in [4.78, 5) is 0. The average Bonchev–Trinajstić information content (AvgIpc) is 2.75. The van der Waals surface area contributed by atoms with Gasteiger partial charge in [0.15, 0.2) is 0 Å². The Morgan fingerprint density at radius 2 is 0.286 bits per heavy atom. The molecule has 0 heterocycles. The second-order valence-electron chi connectivity index (χ2n) is 7.80. The molecule has 0 spiro atoms. The summed E-state index contributed by atoms with van der Waals surface area (Å²) in [6.07, 6.45) is 0. The van der Waals surface area contributed by atoms with Gasteiger partial charge in [0, 0.05) is 0 Å². The van der Waals surface area contributed by atoms with Crippen molar-refractivity contribution >= 4 is 0 Å². The molecule has 0 nitrogen and oxygen atoms in total. The van der Waals surface area contributed by atoms with Crippen LogP contribution in [0.2, 0.25) is 0 Å². The van der Waals surface area contributed by atoms with Crippen LogP contribution in [0.15, 0.2) is 0 Å². The Hall–Kier alpha value is -1.54. The summed E-state index contributed by atoms with van der Waals surface area (Å²) in [6, 6.07) is 0. The lowest BCUT2D eigenvalue weighted by atomic mass is 9.58. The van der Waals surface area contributed by atoms with Gasteiger partial charge in [0.05, 0.1) is 0 Å². The number of hydrogen-bond donors (Lipinski definition) is 0. The minimum atomic E-state index is -9.23. The van der Waals surface area contributed by atoms with Gasteiger partial charge in [-0.15, -0.1) is 0 Å². The highest BCUT2D eigenvalue weighted by atomic mass is 19.4. The molecule has 4 atom stereocenters. The van der Waals surface area contributed by atoms with Crippen molar-refractivity contribution in [3.05, 3.63) is 0 Å². The molecule has 0 saturated heterocycles. The Kier molecular flexibility index (Phi) is 4.40. The van der Waals surface area contributed by atoms with Gasteiger partial charge in [-0.2, -0.15) is 79.0 Å². The number of alkyl halides is 22. The smallest absolute Gasteiger partial charge is 0.229 e. The molecular weight excluding hydrogens is 574 g/mol. The first-order valence-corrected chi connectivity index (χ1v) is 7.91. The quantitative estimate of drug-likeness (QED) is 0.287. The minimum Gasteiger partial charge on any atom is -0.229 e. The van der Waals surface area contributed by atoms with Gasteiger partial charge in [-0.1, -0.05) is 0 Å². The molecule has 0 amide bonds. The molecule has 0 bridgehead atoms. The van der Waals surface area contributed by atoms with Crippen LogP contribution in [0.1, 0.15) is 0 Å². The maximum Gasteiger partial charge on any atom is 0.382 e. The molecule has 3 fully saturated rings. The van der Waals surface area contributed by atoms with Crippen LogP contribution < -0.4 is 0 Å². The van der Waals surface area contributed by atoms with Crippen LogP contribution in [0.25, 0.3) is 0 Å². The van der Waals surface area contributed by atoms with Crippen molar-refractivity contribution in [1.29, 1.82) is 0 Å². The van der Waals surface area contributed by atoms with E-state index in [2.05, 4.69) is 0 Å². The Bertz CT molecular complexity index is 902.